The maximum Gasteiger partial charge on any atom is 0.0651 e. The van der Waals surface area contributed by atoms with Gasteiger partial charge >= 0.3 is 0 Å². The lowest BCUT2D eigenvalue weighted by molar-refractivity contribution is 0.0360. The summed E-state index contributed by atoms with van der Waals surface area (Å²) in [5.41, 5.74) is 0. The first kappa shape index (κ1) is 6.81. The number of rotatable bonds is 1. The maximum absolute atomic E-state index is 5.45. The van der Waals surface area contributed by atoms with Crippen LogP contribution < -0.4 is 0 Å². The van der Waals surface area contributed by atoms with Gasteiger partial charge in [-0.05, 0) is 6.42 Å². The number of hydrogen-bond donors (Lipinski definition) is 0. The molecule has 0 spiro atoms. The molecule has 9 heavy (non-hydrogen) atoms. The molecule has 0 aliphatic carbocycles. The third-order valence-electron chi connectivity index (χ3n) is 1.83. The Kier molecular flexibility index (Phi) is 2.29. The molecule has 0 bridgehead atoms. The van der Waals surface area contributed by atoms with E-state index in [1.807, 2.05) is 0 Å². The number of ether oxygens (including phenoxy) is 1. The predicted molar refractivity (Wildman–Crippen MR) is 38.3 cm³/mol. The summed E-state index contributed by atoms with van der Waals surface area (Å²) in [5.74, 6) is 0.615. The molecule has 1 aliphatic heterocycles. The first-order valence-corrected chi connectivity index (χ1v) is 3.63. The second kappa shape index (κ2) is 3.02. The molecule has 0 N–H and O–H groups in total. The van der Waals surface area contributed by atoms with Gasteiger partial charge in [-0.25, -0.2) is 0 Å². The fraction of sp³-hybridized carbons (Fsp3) is 0.750. The van der Waals surface area contributed by atoms with Crippen LogP contribution in [0.5, 0.6) is 0 Å². The van der Waals surface area contributed by atoms with Gasteiger partial charge in [0.2, 0.25) is 0 Å². The van der Waals surface area contributed by atoms with Gasteiger partial charge in [0, 0.05) is 5.92 Å². The van der Waals surface area contributed by atoms with Crippen LogP contribution in [0.15, 0.2) is 12.2 Å². The first-order valence-electron chi connectivity index (χ1n) is 3.63. The summed E-state index contributed by atoms with van der Waals surface area (Å²) in [6.07, 6.45) is 5.93. The zero-order valence-electron chi connectivity index (χ0n) is 6.13. The molecule has 1 nitrogen and oxygen atoms in total. The largest absolute Gasteiger partial charge is 0.374 e. The molecular formula is C8H14O. The highest BCUT2D eigenvalue weighted by molar-refractivity contribution is 4.93. The minimum absolute atomic E-state index is 0.468. The minimum Gasteiger partial charge on any atom is -0.374 e. The van der Waals surface area contributed by atoms with Crippen molar-refractivity contribution in [2.24, 2.45) is 5.92 Å². The van der Waals surface area contributed by atoms with Crippen LogP contribution >= 0.6 is 0 Å². The van der Waals surface area contributed by atoms with Crippen LogP contribution in [-0.2, 0) is 4.74 Å². The van der Waals surface area contributed by atoms with Crippen molar-refractivity contribution in [2.75, 3.05) is 6.61 Å². The predicted octanol–water partition coefficient (Wildman–Crippen LogP) is 1.99. The lowest BCUT2D eigenvalue weighted by Crippen LogP contribution is -2.22. The topological polar surface area (TPSA) is 9.23 Å². The van der Waals surface area contributed by atoms with Gasteiger partial charge in [0.1, 0.15) is 0 Å². The van der Waals surface area contributed by atoms with Gasteiger partial charge < -0.3 is 4.74 Å². The van der Waals surface area contributed by atoms with Crippen molar-refractivity contribution in [3.05, 3.63) is 12.2 Å². The molecule has 1 heteroatoms. The molecule has 0 saturated heterocycles. The minimum atomic E-state index is 0.468. The van der Waals surface area contributed by atoms with Gasteiger partial charge in [0.15, 0.2) is 0 Å². The molecule has 1 aliphatic rings. The molecule has 0 aromatic rings. The van der Waals surface area contributed by atoms with E-state index in [-0.39, 0.29) is 0 Å². The lowest BCUT2D eigenvalue weighted by Gasteiger charge is -2.23. The van der Waals surface area contributed by atoms with Crippen molar-refractivity contribution in [2.45, 2.75) is 26.4 Å². The Bertz CT molecular complexity index is 107. The van der Waals surface area contributed by atoms with Crippen molar-refractivity contribution in [3.63, 3.8) is 0 Å². The van der Waals surface area contributed by atoms with Crippen LogP contribution in [0.1, 0.15) is 20.3 Å². The standard InChI is InChI=1S/C8H14O/c1-3-8-7(2)5-4-6-9-8/h4-5,7-8H,3,6H2,1-2H3/t7-,8-/m1/s1. The second-order valence-electron chi connectivity index (χ2n) is 2.57. The van der Waals surface area contributed by atoms with Crippen molar-refractivity contribution in [1.29, 1.82) is 0 Å². The zero-order valence-corrected chi connectivity index (χ0v) is 6.13. The summed E-state index contributed by atoms with van der Waals surface area (Å²) in [6.45, 7) is 5.17. The molecule has 0 unspecified atom stereocenters. The summed E-state index contributed by atoms with van der Waals surface area (Å²) in [7, 11) is 0. The molecule has 1 heterocycles. The third-order valence-corrected chi connectivity index (χ3v) is 1.83. The number of hydrogen-bond acceptors (Lipinski definition) is 1. The van der Waals surface area contributed by atoms with Crippen molar-refractivity contribution in [3.8, 4) is 0 Å². The summed E-state index contributed by atoms with van der Waals surface area (Å²) < 4.78 is 5.45. The van der Waals surface area contributed by atoms with Gasteiger partial charge in [0.05, 0.1) is 12.7 Å². The lowest BCUT2D eigenvalue weighted by atomic mass is 10.0. The van der Waals surface area contributed by atoms with Crippen LogP contribution in [0.3, 0.4) is 0 Å². The summed E-state index contributed by atoms with van der Waals surface area (Å²) in [5, 5.41) is 0. The molecule has 1 rings (SSSR count). The highest BCUT2D eigenvalue weighted by Gasteiger charge is 2.14. The van der Waals surface area contributed by atoms with E-state index in [9.17, 15) is 0 Å². The highest BCUT2D eigenvalue weighted by atomic mass is 16.5. The van der Waals surface area contributed by atoms with Gasteiger partial charge in [-0.15, -0.1) is 0 Å². The van der Waals surface area contributed by atoms with E-state index in [4.69, 9.17) is 4.74 Å². The van der Waals surface area contributed by atoms with Gasteiger partial charge in [0.25, 0.3) is 0 Å². The Hall–Kier alpha value is -0.300. The summed E-state index contributed by atoms with van der Waals surface area (Å²) in [4.78, 5) is 0. The summed E-state index contributed by atoms with van der Waals surface area (Å²) in [6, 6.07) is 0. The molecule has 0 amide bonds. The fourth-order valence-corrected chi connectivity index (χ4v) is 1.21. The Morgan fingerprint density at radius 3 is 2.89 bits per heavy atom. The van der Waals surface area contributed by atoms with Gasteiger partial charge in [-0.3, -0.25) is 0 Å². The van der Waals surface area contributed by atoms with Crippen molar-refractivity contribution in [1.82, 2.24) is 0 Å². The summed E-state index contributed by atoms with van der Waals surface area (Å²) >= 11 is 0. The Morgan fingerprint density at radius 2 is 2.44 bits per heavy atom. The monoisotopic (exact) mass is 126 g/mol. The molecule has 2 atom stereocenters. The molecule has 0 saturated carbocycles. The average molecular weight is 126 g/mol. The highest BCUT2D eigenvalue weighted by Crippen LogP contribution is 2.16. The zero-order chi connectivity index (χ0) is 6.69. The van der Waals surface area contributed by atoms with Crippen molar-refractivity contribution >= 4 is 0 Å². The Morgan fingerprint density at radius 1 is 1.67 bits per heavy atom. The fourth-order valence-electron chi connectivity index (χ4n) is 1.21. The van der Waals surface area contributed by atoms with Gasteiger partial charge in [-0.2, -0.15) is 0 Å². The van der Waals surface area contributed by atoms with E-state index in [2.05, 4.69) is 26.0 Å². The van der Waals surface area contributed by atoms with E-state index in [0.29, 0.717) is 12.0 Å². The first-order chi connectivity index (χ1) is 4.34. The van der Waals surface area contributed by atoms with E-state index < -0.39 is 0 Å². The molecular weight excluding hydrogens is 112 g/mol. The SMILES string of the molecule is CC[C@H]1OCC=C[C@H]1C. The molecule has 0 fully saturated rings. The molecule has 0 aromatic carbocycles. The molecule has 52 valence electrons. The second-order valence-corrected chi connectivity index (χ2v) is 2.57. The average Bonchev–Trinajstić information content (AvgIpc) is 1.89. The van der Waals surface area contributed by atoms with Crippen LogP contribution in [0.4, 0.5) is 0 Å². The molecule has 0 aromatic heterocycles. The van der Waals surface area contributed by atoms with Crippen LogP contribution in [0, 0.1) is 5.92 Å². The Balaban J connectivity index is 2.44. The maximum atomic E-state index is 5.45. The quantitative estimate of drug-likeness (QED) is 0.488. The van der Waals surface area contributed by atoms with Crippen molar-refractivity contribution < 1.29 is 4.74 Å². The third kappa shape index (κ3) is 1.55. The van der Waals surface area contributed by atoms with Crippen LogP contribution in [0.25, 0.3) is 0 Å². The van der Waals surface area contributed by atoms with E-state index in [1.54, 1.807) is 0 Å². The molecule has 0 radical (unpaired) electrons. The van der Waals surface area contributed by atoms with Crippen LogP contribution in [-0.4, -0.2) is 12.7 Å². The normalized spacial score (nSPS) is 34.9. The van der Waals surface area contributed by atoms with Gasteiger partial charge in [-0.1, -0.05) is 26.0 Å². The van der Waals surface area contributed by atoms with E-state index in [1.165, 1.54) is 0 Å². The Labute approximate surface area is 56.7 Å². The van der Waals surface area contributed by atoms with Crippen LogP contribution in [0.2, 0.25) is 0 Å². The smallest absolute Gasteiger partial charge is 0.0651 e. The van der Waals surface area contributed by atoms with E-state index in [0.717, 1.165) is 13.0 Å². The van der Waals surface area contributed by atoms with E-state index >= 15 is 0 Å².